The third-order valence-electron chi connectivity index (χ3n) is 6.63. The molecule has 0 saturated carbocycles. The molecule has 0 aliphatic carbocycles. The fourth-order valence-corrected chi connectivity index (χ4v) is 4.70. The standard InChI is InChI=1S/C30H25N5O/c31-30-33-29(36)27-28(35(30)19-22-11-14-25(15-12-22)23-6-2-1-3-7-23)32-20-34(27)17-16-21-10-13-24-8-4-5-9-26(24)18-21/h1-15,18,20H,16-17,19H2,(H2,31,33,36). The van der Waals surface area contributed by atoms with E-state index in [9.17, 15) is 4.79 Å². The van der Waals surface area contributed by atoms with E-state index in [1.807, 2.05) is 34.9 Å². The average molecular weight is 472 g/mol. The van der Waals surface area contributed by atoms with Gasteiger partial charge in [-0.15, -0.1) is 0 Å². The fourth-order valence-electron chi connectivity index (χ4n) is 4.70. The second kappa shape index (κ2) is 9.15. The van der Waals surface area contributed by atoms with Gasteiger partial charge in [0.15, 0.2) is 11.2 Å². The molecule has 0 atom stereocenters. The topological polar surface area (TPSA) is 78.7 Å². The molecular weight excluding hydrogens is 446 g/mol. The first-order valence-corrected chi connectivity index (χ1v) is 12.0. The van der Waals surface area contributed by atoms with Crippen molar-refractivity contribution in [2.24, 2.45) is 0 Å². The molecule has 0 bridgehead atoms. The molecule has 4 aromatic carbocycles. The van der Waals surface area contributed by atoms with Crippen molar-refractivity contribution in [1.82, 2.24) is 19.1 Å². The third-order valence-corrected chi connectivity index (χ3v) is 6.63. The van der Waals surface area contributed by atoms with Crippen molar-refractivity contribution in [2.45, 2.75) is 19.5 Å². The number of nitrogens with two attached hydrogens (primary N) is 1. The quantitative estimate of drug-likeness (QED) is 0.358. The van der Waals surface area contributed by atoms with Crippen LogP contribution in [0, 0.1) is 0 Å². The van der Waals surface area contributed by atoms with Crippen molar-refractivity contribution in [1.29, 1.82) is 0 Å². The molecule has 0 saturated heterocycles. The van der Waals surface area contributed by atoms with Gasteiger partial charge in [0.25, 0.3) is 0 Å². The van der Waals surface area contributed by atoms with E-state index in [-0.39, 0.29) is 11.5 Å². The molecule has 6 aromatic rings. The van der Waals surface area contributed by atoms with Crippen LogP contribution >= 0.6 is 0 Å². The van der Waals surface area contributed by atoms with Crippen molar-refractivity contribution in [3.63, 3.8) is 0 Å². The van der Waals surface area contributed by atoms with Crippen LogP contribution in [0.1, 0.15) is 11.1 Å². The van der Waals surface area contributed by atoms with Crippen molar-refractivity contribution in [2.75, 3.05) is 5.73 Å². The molecule has 2 aromatic heterocycles. The highest BCUT2D eigenvalue weighted by molar-refractivity contribution is 5.83. The maximum atomic E-state index is 12.8. The Morgan fingerprint density at radius 2 is 1.44 bits per heavy atom. The first-order valence-electron chi connectivity index (χ1n) is 12.0. The van der Waals surface area contributed by atoms with Gasteiger partial charge >= 0.3 is 5.56 Å². The van der Waals surface area contributed by atoms with Gasteiger partial charge in [0.05, 0.1) is 12.9 Å². The van der Waals surface area contributed by atoms with Crippen LogP contribution in [0.4, 0.5) is 5.95 Å². The molecule has 36 heavy (non-hydrogen) atoms. The van der Waals surface area contributed by atoms with E-state index < -0.39 is 0 Å². The number of anilines is 1. The van der Waals surface area contributed by atoms with Crippen LogP contribution in [0.15, 0.2) is 108 Å². The smallest absolute Gasteiger partial charge is 0.300 e. The Kier molecular flexibility index (Phi) is 5.54. The van der Waals surface area contributed by atoms with E-state index in [0.29, 0.717) is 24.3 Å². The number of nitrogen functional groups attached to an aromatic ring is 1. The Labute approximate surface area is 208 Å². The van der Waals surface area contributed by atoms with Crippen LogP contribution in [0.3, 0.4) is 0 Å². The Balaban J connectivity index is 1.27. The van der Waals surface area contributed by atoms with Crippen molar-refractivity contribution < 1.29 is 0 Å². The second-order valence-electron chi connectivity index (χ2n) is 8.97. The lowest BCUT2D eigenvalue weighted by Crippen LogP contribution is -2.20. The molecule has 6 rings (SSSR count). The van der Waals surface area contributed by atoms with E-state index in [2.05, 4.69) is 76.7 Å². The highest BCUT2D eigenvalue weighted by Crippen LogP contribution is 2.21. The van der Waals surface area contributed by atoms with Crippen LogP contribution in [-0.2, 0) is 19.5 Å². The highest BCUT2D eigenvalue weighted by Gasteiger charge is 2.15. The first-order chi connectivity index (χ1) is 17.7. The third kappa shape index (κ3) is 4.14. The molecule has 6 heteroatoms. The first kappa shape index (κ1) is 21.8. The number of aryl methyl sites for hydroxylation is 2. The molecule has 176 valence electrons. The summed E-state index contributed by atoms with van der Waals surface area (Å²) < 4.78 is 3.69. The molecule has 0 aliphatic rings. The van der Waals surface area contributed by atoms with Gasteiger partial charge in [-0.1, -0.05) is 97.1 Å². The van der Waals surface area contributed by atoms with Crippen LogP contribution in [-0.4, -0.2) is 19.1 Å². The molecule has 0 spiro atoms. The monoisotopic (exact) mass is 471 g/mol. The van der Waals surface area contributed by atoms with Gasteiger partial charge in [-0.2, -0.15) is 4.98 Å². The minimum Gasteiger partial charge on any atom is -0.369 e. The predicted octanol–water partition coefficient (Wildman–Crippen LogP) is 5.29. The number of hydrogen-bond acceptors (Lipinski definition) is 4. The van der Waals surface area contributed by atoms with Gasteiger partial charge in [-0.25, -0.2) is 4.98 Å². The molecule has 0 amide bonds. The minimum absolute atomic E-state index is 0.166. The lowest BCUT2D eigenvalue weighted by molar-refractivity contribution is 0.712. The normalized spacial score (nSPS) is 11.3. The summed E-state index contributed by atoms with van der Waals surface area (Å²) in [5.74, 6) is 0.166. The molecule has 0 aliphatic heterocycles. The molecular formula is C30H25N5O. The maximum absolute atomic E-state index is 12.8. The Morgan fingerprint density at radius 3 is 2.25 bits per heavy atom. The minimum atomic E-state index is -0.353. The SMILES string of the molecule is Nc1nc(=O)c2c(ncn2CCc2ccc3ccccc3c2)n1Cc1ccc(-c2ccccc2)cc1. The second-order valence-corrected chi connectivity index (χ2v) is 8.97. The number of imidazole rings is 1. The summed E-state index contributed by atoms with van der Waals surface area (Å²) >= 11 is 0. The summed E-state index contributed by atoms with van der Waals surface area (Å²) in [5.41, 5.74) is 11.4. The zero-order valence-corrected chi connectivity index (χ0v) is 19.7. The summed E-state index contributed by atoms with van der Waals surface area (Å²) in [5, 5.41) is 2.43. The van der Waals surface area contributed by atoms with Gasteiger partial charge in [0, 0.05) is 6.54 Å². The summed E-state index contributed by atoms with van der Waals surface area (Å²) in [6.45, 7) is 1.10. The van der Waals surface area contributed by atoms with E-state index in [1.165, 1.54) is 21.9 Å². The van der Waals surface area contributed by atoms with Gasteiger partial charge in [-0.3, -0.25) is 9.36 Å². The number of hydrogen-bond donors (Lipinski definition) is 1. The number of benzene rings is 4. The number of aromatic nitrogens is 4. The fraction of sp³-hybridized carbons (Fsp3) is 0.100. The lowest BCUT2D eigenvalue weighted by atomic mass is 10.0. The van der Waals surface area contributed by atoms with Crippen LogP contribution in [0.25, 0.3) is 33.1 Å². The summed E-state index contributed by atoms with van der Waals surface area (Å²) in [6, 6.07) is 33.4. The Bertz CT molecular complexity index is 1730. The van der Waals surface area contributed by atoms with Crippen LogP contribution in [0.5, 0.6) is 0 Å². The molecule has 6 nitrogen and oxygen atoms in total. The van der Waals surface area contributed by atoms with Gasteiger partial charge in [0.1, 0.15) is 0 Å². The molecule has 2 N–H and O–H groups in total. The van der Waals surface area contributed by atoms with Gasteiger partial charge in [-0.05, 0) is 39.4 Å². The Morgan fingerprint density at radius 1 is 0.750 bits per heavy atom. The highest BCUT2D eigenvalue weighted by atomic mass is 16.1. The Hall–Kier alpha value is -4.71. The largest absolute Gasteiger partial charge is 0.369 e. The van der Waals surface area contributed by atoms with E-state index >= 15 is 0 Å². The van der Waals surface area contributed by atoms with E-state index in [1.54, 1.807) is 10.9 Å². The van der Waals surface area contributed by atoms with Crippen molar-refractivity contribution >= 4 is 27.9 Å². The van der Waals surface area contributed by atoms with Crippen molar-refractivity contribution in [3.8, 4) is 11.1 Å². The predicted molar refractivity (Wildman–Crippen MR) is 145 cm³/mol. The molecule has 2 heterocycles. The van der Waals surface area contributed by atoms with Crippen LogP contribution in [0.2, 0.25) is 0 Å². The summed E-state index contributed by atoms with van der Waals surface area (Å²) in [4.78, 5) is 21.5. The summed E-state index contributed by atoms with van der Waals surface area (Å²) in [6.07, 6.45) is 2.49. The van der Waals surface area contributed by atoms with Crippen molar-refractivity contribution in [3.05, 3.63) is 125 Å². The molecule has 0 fully saturated rings. The maximum Gasteiger partial charge on any atom is 0.300 e. The molecule has 0 unspecified atom stereocenters. The summed E-state index contributed by atoms with van der Waals surface area (Å²) in [7, 11) is 0. The van der Waals surface area contributed by atoms with E-state index in [0.717, 1.165) is 17.5 Å². The molecule has 0 radical (unpaired) electrons. The van der Waals surface area contributed by atoms with Crippen LogP contribution < -0.4 is 11.3 Å². The van der Waals surface area contributed by atoms with Gasteiger partial charge in [0.2, 0.25) is 5.95 Å². The average Bonchev–Trinajstić information content (AvgIpc) is 3.35. The zero-order chi connectivity index (χ0) is 24.5. The number of rotatable bonds is 6. The zero-order valence-electron chi connectivity index (χ0n) is 19.7. The number of fused-ring (bicyclic) bond motifs is 2. The number of nitrogens with zero attached hydrogens (tertiary/aromatic N) is 4. The lowest BCUT2D eigenvalue weighted by Gasteiger charge is -2.12. The van der Waals surface area contributed by atoms with Gasteiger partial charge < -0.3 is 10.3 Å². The van der Waals surface area contributed by atoms with E-state index in [4.69, 9.17) is 5.73 Å².